The zero-order valence-electron chi connectivity index (χ0n) is 41.9. The second-order valence-corrected chi connectivity index (χ2v) is 21.0. The van der Waals surface area contributed by atoms with Gasteiger partial charge in [0, 0.05) is 12.8 Å². The summed E-state index contributed by atoms with van der Waals surface area (Å²) in [6, 6.07) is 0. The van der Waals surface area contributed by atoms with E-state index in [1.54, 1.807) is 0 Å². The zero-order valence-corrected chi connectivity index (χ0v) is 42.7. The Kier molecular flexibility index (Phi) is 44.5. The molecule has 0 saturated heterocycles. The van der Waals surface area contributed by atoms with Crippen LogP contribution in [-0.2, 0) is 32.7 Å². The molecule has 0 aromatic heterocycles. The molecular formula is C52H104NO8P. The third-order valence-corrected chi connectivity index (χ3v) is 13.1. The van der Waals surface area contributed by atoms with Gasteiger partial charge in [-0.3, -0.25) is 14.2 Å². The molecule has 62 heavy (non-hydrogen) atoms. The molecule has 0 aliphatic rings. The van der Waals surface area contributed by atoms with Crippen molar-refractivity contribution in [3.8, 4) is 0 Å². The predicted octanol–water partition coefficient (Wildman–Crippen LogP) is 15.3. The highest BCUT2D eigenvalue weighted by Gasteiger charge is 2.21. The molecule has 0 aliphatic carbocycles. The van der Waals surface area contributed by atoms with Gasteiger partial charge in [-0.1, -0.05) is 245 Å². The lowest BCUT2D eigenvalue weighted by atomic mass is 10.0. The summed E-state index contributed by atoms with van der Waals surface area (Å²) in [5.74, 6) is -0.812. The van der Waals surface area contributed by atoms with Gasteiger partial charge in [-0.25, -0.2) is 0 Å². The number of likely N-dealkylation sites (N-methyl/N-ethyl adjacent to an activating group) is 1. The van der Waals surface area contributed by atoms with Crippen LogP contribution in [0.5, 0.6) is 0 Å². The molecule has 0 aliphatic heterocycles. The van der Waals surface area contributed by atoms with Crippen LogP contribution < -0.4 is 4.89 Å². The van der Waals surface area contributed by atoms with E-state index >= 15 is 0 Å². The highest BCUT2D eigenvalue weighted by molar-refractivity contribution is 7.45. The van der Waals surface area contributed by atoms with Gasteiger partial charge in [-0.15, -0.1) is 0 Å². The maximum atomic E-state index is 12.7. The number of phosphoric ester groups is 1. The Balaban J connectivity index is 4.17. The fraction of sp³-hybridized carbons (Fsp3) is 0.962. The summed E-state index contributed by atoms with van der Waals surface area (Å²) >= 11 is 0. The summed E-state index contributed by atoms with van der Waals surface area (Å²) in [5, 5.41) is 0. The Morgan fingerprint density at radius 3 is 1.03 bits per heavy atom. The van der Waals surface area contributed by atoms with Crippen molar-refractivity contribution < 1.29 is 42.1 Å². The third-order valence-electron chi connectivity index (χ3n) is 12.1. The molecular weight excluding hydrogens is 798 g/mol. The fourth-order valence-electron chi connectivity index (χ4n) is 7.95. The molecule has 0 N–H and O–H groups in total. The number of carbonyl (C=O) groups is 2. The summed E-state index contributed by atoms with van der Waals surface area (Å²) in [5.41, 5.74) is 0. The van der Waals surface area contributed by atoms with Gasteiger partial charge in [-0.2, -0.15) is 0 Å². The monoisotopic (exact) mass is 902 g/mol. The highest BCUT2D eigenvalue weighted by Crippen LogP contribution is 2.38. The number of quaternary nitrogens is 1. The van der Waals surface area contributed by atoms with Crippen molar-refractivity contribution in [2.45, 2.75) is 277 Å². The lowest BCUT2D eigenvalue weighted by molar-refractivity contribution is -0.870. The lowest BCUT2D eigenvalue weighted by Crippen LogP contribution is -2.37. The summed E-state index contributed by atoms with van der Waals surface area (Å²) in [4.78, 5) is 37.7. The fourth-order valence-corrected chi connectivity index (χ4v) is 8.68. The van der Waals surface area contributed by atoms with Crippen LogP contribution in [0.3, 0.4) is 0 Å². The van der Waals surface area contributed by atoms with Gasteiger partial charge in [0.1, 0.15) is 19.8 Å². The second kappa shape index (κ2) is 45.2. The maximum absolute atomic E-state index is 12.7. The van der Waals surface area contributed by atoms with Crippen LogP contribution in [0.4, 0.5) is 0 Å². The Bertz CT molecular complexity index is 1020. The zero-order chi connectivity index (χ0) is 45.7. The van der Waals surface area contributed by atoms with E-state index in [-0.39, 0.29) is 32.0 Å². The number of unbranched alkanes of at least 4 members (excludes halogenated alkanes) is 36. The van der Waals surface area contributed by atoms with Gasteiger partial charge in [0.05, 0.1) is 27.7 Å². The number of hydrogen-bond donors (Lipinski definition) is 0. The number of rotatable bonds is 50. The van der Waals surface area contributed by atoms with E-state index in [1.165, 1.54) is 205 Å². The molecule has 0 bridgehead atoms. The average molecular weight is 902 g/mol. The molecule has 0 spiro atoms. The van der Waals surface area contributed by atoms with Crippen molar-refractivity contribution in [2.24, 2.45) is 0 Å². The molecule has 0 aromatic rings. The molecule has 2 atom stereocenters. The summed E-state index contributed by atoms with van der Waals surface area (Å²) in [6.07, 6.45) is 48.4. The molecule has 1 unspecified atom stereocenters. The number of ether oxygens (including phenoxy) is 2. The number of phosphoric acid groups is 1. The third kappa shape index (κ3) is 48.5. The topological polar surface area (TPSA) is 111 Å². The number of carbonyl (C=O) groups excluding carboxylic acids is 2. The molecule has 9 nitrogen and oxygen atoms in total. The van der Waals surface area contributed by atoms with E-state index in [4.69, 9.17) is 18.5 Å². The van der Waals surface area contributed by atoms with E-state index in [0.29, 0.717) is 17.4 Å². The summed E-state index contributed by atoms with van der Waals surface area (Å²) < 4.78 is 34.1. The highest BCUT2D eigenvalue weighted by atomic mass is 31.2. The standard InChI is InChI=1S/C52H104NO8P/c1-6-8-10-12-14-16-18-20-22-24-26-28-30-32-34-36-38-40-42-44-51(54)58-48-50(49-60-62(56,57)59-47-46-53(3,4)5)61-52(55)45-43-41-39-37-35-33-31-29-27-25-23-21-19-17-15-13-11-9-7-2/h50H,6-49H2,1-5H3/t50-/m0/s1. The van der Waals surface area contributed by atoms with Gasteiger partial charge in [0.25, 0.3) is 7.82 Å². The van der Waals surface area contributed by atoms with Crippen LogP contribution in [0.2, 0.25) is 0 Å². The van der Waals surface area contributed by atoms with Crippen LogP contribution >= 0.6 is 7.82 Å². The molecule has 370 valence electrons. The van der Waals surface area contributed by atoms with Crippen LogP contribution in [0.1, 0.15) is 271 Å². The summed E-state index contributed by atoms with van der Waals surface area (Å²) in [7, 11) is 1.19. The lowest BCUT2D eigenvalue weighted by Gasteiger charge is -2.28. The van der Waals surface area contributed by atoms with Crippen LogP contribution in [0.25, 0.3) is 0 Å². The first-order chi connectivity index (χ1) is 30.0. The van der Waals surface area contributed by atoms with Crippen molar-refractivity contribution in [3.63, 3.8) is 0 Å². The van der Waals surface area contributed by atoms with E-state index in [1.807, 2.05) is 21.1 Å². The first-order valence-corrected chi connectivity index (χ1v) is 28.2. The molecule has 0 amide bonds. The van der Waals surface area contributed by atoms with Crippen molar-refractivity contribution in [2.75, 3.05) is 47.5 Å². The van der Waals surface area contributed by atoms with Crippen molar-refractivity contribution in [1.82, 2.24) is 0 Å². The van der Waals surface area contributed by atoms with E-state index in [2.05, 4.69) is 13.8 Å². The minimum atomic E-state index is -4.62. The number of hydrogen-bond acceptors (Lipinski definition) is 8. The second-order valence-electron chi connectivity index (χ2n) is 19.6. The van der Waals surface area contributed by atoms with Gasteiger partial charge >= 0.3 is 11.9 Å². The molecule has 0 radical (unpaired) electrons. The molecule has 0 fully saturated rings. The maximum Gasteiger partial charge on any atom is 0.306 e. The predicted molar refractivity (Wildman–Crippen MR) is 259 cm³/mol. The van der Waals surface area contributed by atoms with E-state index in [0.717, 1.165) is 32.1 Å². The van der Waals surface area contributed by atoms with Crippen LogP contribution in [0, 0.1) is 0 Å². The molecule has 0 aromatic carbocycles. The normalized spacial score (nSPS) is 13.3. The Morgan fingerprint density at radius 1 is 0.435 bits per heavy atom. The van der Waals surface area contributed by atoms with E-state index in [9.17, 15) is 19.0 Å². The Labute approximate surface area is 384 Å². The minimum Gasteiger partial charge on any atom is -0.756 e. The largest absolute Gasteiger partial charge is 0.756 e. The van der Waals surface area contributed by atoms with Crippen LogP contribution in [-0.4, -0.2) is 70.0 Å². The SMILES string of the molecule is CCCCCCCCCCCCCCCCCCCCCC(=O)OC[C@@H](COP(=O)([O-])OCC[N+](C)(C)C)OC(=O)CCCCCCCCCCCCCCCCCCCCC. The van der Waals surface area contributed by atoms with Gasteiger partial charge in [-0.05, 0) is 12.8 Å². The smallest absolute Gasteiger partial charge is 0.306 e. The van der Waals surface area contributed by atoms with Gasteiger partial charge in [0.2, 0.25) is 0 Å². The number of esters is 2. The van der Waals surface area contributed by atoms with Crippen LogP contribution in [0.15, 0.2) is 0 Å². The quantitative estimate of drug-likeness (QED) is 0.0257. The van der Waals surface area contributed by atoms with Gasteiger partial charge in [0.15, 0.2) is 6.10 Å². The number of nitrogens with zero attached hydrogens (tertiary/aromatic N) is 1. The van der Waals surface area contributed by atoms with Gasteiger partial charge < -0.3 is 27.9 Å². The first-order valence-electron chi connectivity index (χ1n) is 26.7. The van der Waals surface area contributed by atoms with Crippen molar-refractivity contribution >= 4 is 19.8 Å². The molecule has 0 heterocycles. The van der Waals surface area contributed by atoms with Crippen molar-refractivity contribution in [1.29, 1.82) is 0 Å². The Hall–Kier alpha value is -0.990. The molecule has 0 rings (SSSR count). The first kappa shape index (κ1) is 61.0. The van der Waals surface area contributed by atoms with Crippen molar-refractivity contribution in [3.05, 3.63) is 0 Å². The molecule has 0 saturated carbocycles. The minimum absolute atomic E-state index is 0.0252. The molecule has 10 heteroatoms. The Morgan fingerprint density at radius 2 is 0.726 bits per heavy atom. The van der Waals surface area contributed by atoms with E-state index < -0.39 is 26.5 Å². The summed E-state index contributed by atoms with van der Waals surface area (Å²) in [6.45, 7) is 4.30. The average Bonchev–Trinajstić information content (AvgIpc) is 3.23.